The molecule has 1 aliphatic heterocycles. The van der Waals surface area contributed by atoms with Gasteiger partial charge in [0.2, 0.25) is 0 Å². The molecule has 1 unspecified atom stereocenters. The molecule has 1 aromatic rings. The zero-order valence-electron chi connectivity index (χ0n) is 8.62. The first kappa shape index (κ1) is 11.8. The molecule has 0 bridgehead atoms. The summed E-state index contributed by atoms with van der Waals surface area (Å²) in [6.45, 7) is 0. The van der Waals surface area contributed by atoms with E-state index >= 15 is 0 Å². The van der Waals surface area contributed by atoms with Gasteiger partial charge in [-0.25, -0.2) is 0 Å². The van der Waals surface area contributed by atoms with Crippen LogP contribution < -0.4 is 5.73 Å². The van der Waals surface area contributed by atoms with Gasteiger partial charge < -0.3 is 5.73 Å². The maximum atomic E-state index is 6.19. The van der Waals surface area contributed by atoms with E-state index in [9.17, 15) is 0 Å². The number of hydrogen-bond acceptors (Lipinski definition) is 3. The van der Waals surface area contributed by atoms with Crippen molar-refractivity contribution in [3.05, 3.63) is 21.3 Å². The van der Waals surface area contributed by atoms with Gasteiger partial charge in [-0.1, -0.05) is 11.6 Å². The van der Waals surface area contributed by atoms with Gasteiger partial charge in [-0.3, -0.25) is 0 Å². The molecule has 1 atom stereocenters. The Hall–Kier alpha value is 0.300. The lowest BCUT2D eigenvalue weighted by molar-refractivity contribution is 0.415. The highest BCUT2D eigenvalue weighted by atomic mass is 35.5. The third-order valence-corrected chi connectivity index (χ3v) is 5.45. The van der Waals surface area contributed by atoms with Crippen molar-refractivity contribution in [1.29, 1.82) is 0 Å². The molecule has 1 saturated heterocycles. The fourth-order valence-electron chi connectivity index (χ4n) is 2.02. The smallest absolute Gasteiger partial charge is 0.0561 e. The Balaban J connectivity index is 1.91. The highest BCUT2D eigenvalue weighted by Crippen LogP contribution is 2.34. The summed E-state index contributed by atoms with van der Waals surface area (Å²) in [7, 11) is 0. The van der Waals surface area contributed by atoms with Gasteiger partial charge in [0.1, 0.15) is 0 Å². The maximum absolute atomic E-state index is 6.19. The molecule has 0 spiro atoms. The van der Waals surface area contributed by atoms with Gasteiger partial charge in [-0.15, -0.1) is 11.3 Å². The fourth-order valence-corrected chi connectivity index (χ4v) is 4.44. The highest BCUT2D eigenvalue weighted by Gasteiger charge is 2.19. The van der Waals surface area contributed by atoms with Gasteiger partial charge in [-0.2, -0.15) is 11.8 Å². The van der Waals surface area contributed by atoms with Crippen LogP contribution >= 0.6 is 34.7 Å². The summed E-state index contributed by atoms with van der Waals surface area (Å²) in [5.41, 5.74) is 6.19. The first-order valence-electron chi connectivity index (χ1n) is 5.33. The van der Waals surface area contributed by atoms with Crippen LogP contribution in [0.2, 0.25) is 5.02 Å². The quantitative estimate of drug-likeness (QED) is 0.892. The van der Waals surface area contributed by atoms with E-state index in [2.05, 4.69) is 11.8 Å². The molecule has 1 aromatic heterocycles. The van der Waals surface area contributed by atoms with Gasteiger partial charge in [0.15, 0.2) is 0 Å². The first-order chi connectivity index (χ1) is 7.27. The van der Waals surface area contributed by atoms with E-state index in [0.717, 1.165) is 22.2 Å². The van der Waals surface area contributed by atoms with Crippen LogP contribution in [-0.4, -0.2) is 11.5 Å². The summed E-state index contributed by atoms with van der Waals surface area (Å²) >= 11 is 9.82. The molecule has 0 radical (unpaired) electrons. The standard InChI is InChI=1S/C11H16ClNS2/c12-9-3-6-15-11(9)10(13)7-8-1-4-14-5-2-8/h3,6,8,10H,1-2,4-5,7,13H2. The molecule has 2 rings (SSSR count). The topological polar surface area (TPSA) is 26.0 Å². The third kappa shape index (κ3) is 3.13. The van der Waals surface area contributed by atoms with Crippen molar-refractivity contribution in [1.82, 2.24) is 0 Å². The largest absolute Gasteiger partial charge is 0.323 e. The second-order valence-corrected chi connectivity index (χ2v) is 6.61. The molecule has 0 aromatic carbocycles. The Kier molecular flexibility index (Phi) is 4.38. The molecular formula is C11H16ClNS2. The van der Waals surface area contributed by atoms with Crippen molar-refractivity contribution in [3.63, 3.8) is 0 Å². The predicted octanol–water partition coefficient (Wildman–Crippen LogP) is 3.93. The Morgan fingerprint density at radius 3 is 2.80 bits per heavy atom. The minimum Gasteiger partial charge on any atom is -0.323 e. The number of halogens is 1. The Bertz CT molecular complexity index is 307. The molecule has 1 aliphatic rings. The number of thiophene rings is 1. The van der Waals surface area contributed by atoms with Crippen LogP contribution in [0.3, 0.4) is 0 Å². The minimum atomic E-state index is 0.144. The Morgan fingerprint density at radius 1 is 1.47 bits per heavy atom. The first-order valence-corrected chi connectivity index (χ1v) is 7.75. The summed E-state index contributed by atoms with van der Waals surface area (Å²) in [6, 6.07) is 2.09. The van der Waals surface area contributed by atoms with Crippen molar-refractivity contribution in [2.45, 2.75) is 25.3 Å². The molecule has 0 saturated carbocycles. The molecule has 4 heteroatoms. The van der Waals surface area contributed by atoms with Crippen molar-refractivity contribution in [3.8, 4) is 0 Å². The second kappa shape index (κ2) is 5.58. The Labute approximate surface area is 104 Å². The van der Waals surface area contributed by atoms with Gasteiger partial charge in [0.25, 0.3) is 0 Å². The van der Waals surface area contributed by atoms with Crippen molar-refractivity contribution in [2.24, 2.45) is 11.7 Å². The van der Waals surface area contributed by atoms with E-state index < -0.39 is 0 Å². The van der Waals surface area contributed by atoms with E-state index in [0.29, 0.717) is 0 Å². The average Bonchev–Trinajstić information content (AvgIpc) is 2.66. The SMILES string of the molecule is NC(CC1CCSCC1)c1sccc1Cl. The number of rotatable bonds is 3. The molecular weight excluding hydrogens is 246 g/mol. The summed E-state index contributed by atoms with van der Waals surface area (Å²) < 4.78 is 0. The van der Waals surface area contributed by atoms with Crippen LogP contribution in [0.5, 0.6) is 0 Å². The zero-order valence-corrected chi connectivity index (χ0v) is 11.0. The molecule has 84 valence electrons. The van der Waals surface area contributed by atoms with Gasteiger partial charge in [0, 0.05) is 10.9 Å². The zero-order chi connectivity index (χ0) is 10.7. The molecule has 2 N–H and O–H groups in total. The monoisotopic (exact) mass is 261 g/mol. The molecule has 2 heterocycles. The van der Waals surface area contributed by atoms with E-state index in [1.165, 1.54) is 24.3 Å². The molecule has 0 amide bonds. The van der Waals surface area contributed by atoms with Crippen LogP contribution in [0.1, 0.15) is 30.2 Å². The maximum Gasteiger partial charge on any atom is 0.0561 e. The van der Waals surface area contributed by atoms with Crippen LogP contribution in [0, 0.1) is 5.92 Å². The van der Waals surface area contributed by atoms with Crippen molar-refractivity contribution >= 4 is 34.7 Å². The highest BCUT2D eigenvalue weighted by molar-refractivity contribution is 7.99. The number of thioether (sulfide) groups is 1. The van der Waals surface area contributed by atoms with Gasteiger partial charge >= 0.3 is 0 Å². The van der Waals surface area contributed by atoms with E-state index in [1.807, 2.05) is 11.4 Å². The Morgan fingerprint density at radius 2 is 2.20 bits per heavy atom. The van der Waals surface area contributed by atoms with E-state index in [4.69, 9.17) is 17.3 Å². The average molecular weight is 262 g/mol. The molecule has 0 aliphatic carbocycles. The third-order valence-electron chi connectivity index (χ3n) is 2.91. The molecule has 15 heavy (non-hydrogen) atoms. The van der Waals surface area contributed by atoms with Crippen molar-refractivity contribution in [2.75, 3.05) is 11.5 Å². The van der Waals surface area contributed by atoms with Gasteiger partial charge in [-0.05, 0) is 48.1 Å². The van der Waals surface area contributed by atoms with Crippen LogP contribution in [-0.2, 0) is 0 Å². The summed E-state index contributed by atoms with van der Waals surface area (Å²) in [5, 5.41) is 2.87. The van der Waals surface area contributed by atoms with Gasteiger partial charge in [0.05, 0.1) is 5.02 Å². The van der Waals surface area contributed by atoms with E-state index in [-0.39, 0.29) is 6.04 Å². The van der Waals surface area contributed by atoms with Crippen molar-refractivity contribution < 1.29 is 0 Å². The minimum absolute atomic E-state index is 0.144. The summed E-state index contributed by atoms with van der Waals surface area (Å²) in [6.07, 6.45) is 3.74. The second-order valence-electron chi connectivity index (χ2n) is 4.03. The van der Waals surface area contributed by atoms with E-state index in [1.54, 1.807) is 11.3 Å². The molecule has 1 nitrogen and oxygen atoms in total. The summed E-state index contributed by atoms with van der Waals surface area (Å²) in [4.78, 5) is 1.16. The number of hydrogen-bond donors (Lipinski definition) is 1. The fraction of sp³-hybridized carbons (Fsp3) is 0.636. The normalized spacial score (nSPS) is 20.4. The predicted molar refractivity (Wildman–Crippen MR) is 70.9 cm³/mol. The lowest BCUT2D eigenvalue weighted by atomic mass is 9.94. The lowest BCUT2D eigenvalue weighted by Crippen LogP contribution is -2.18. The molecule has 1 fully saturated rings. The van der Waals surface area contributed by atoms with Crippen LogP contribution in [0.15, 0.2) is 11.4 Å². The van der Waals surface area contributed by atoms with Crippen LogP contribution in [0.25, 0.3) is 0 Å². The lowest BCUT2D eigenvalue weighted by Gasteiger charge is -2.24. The van der Waals surface area contributed by atoms with Crippen LogP contribution in [0.4, 0.5) is 0 Å². The summed E-state index contributed by atoms with van der Waals surface area (Å²) in [5.74, 6) is 3.41. The number of nitrogens with two attached hydrogens (primary N) is 1.